The van der Waals surface area contributed by atoms with Crippen LogP contribution in [-0.2, 0) is 59.3 Å². The second-order valence-corrected chi connectivity index (χ2v) is 19.0. The molecular formula is C49H62N6O9S. The Hall–Kier alpha value is -5.84. The Labute approximate surface area is 385 Å². The number of aryl methyl sites for hydroxylation is 1. The fourth-order valence-corrected chi connectivity index (χ4v) is 8.81. The van der Waals surface area contributed by atoms with Crippen LogP contribution in [0.3, 0.4) is 0 Å². The number of carbonyl (C=O) groups is 4. The molecule has 1 fully saturated rings. The lowest BCUT2D eigenvalue weighted by Crippen LogP contribution is -2.60. The first-order chi connectivity index (χ1) is 30.9. The van der Waals surface area contributed by atoms with Crippen molar-refractivity contribution in [1.29, 1.82) is 0 Å². The topological polar surface area (TPSA) is 172 Å². The van der Waals surface area contributed by atoms with E-state index in [2.05, 4.69) is 48.1 Å². The number of thiazole rings is 1. The van der Waals surface area contributed by atoms with Crippen LogP contribution in [0, 0.1) is 5.41 Å². The van der Waals surface area contributed by atoms with Gasteiger partial charge in [-0.15, -0.1) is 11.3 Å². The van der Waals surface area contributed by atoms with Gasteiger partial charge in [-0.05, 0) is 70.4 Å². The van der Waals surface area contributed by atoms with Crippen molar-refractivity contribution >= 4 is 46.2 Å². The minimum atomic E-state index is -1.01. The van der Waals surface area contributed by atoms with Crippen LogP contribution in [-0.4, -0.2) is 102 Å². The molecule has 65 heavy (non-hydrogen) atoms. The maximum atomic E-state index is 14.1. The normalized spacial score (nSPS) is 15.3. The van der Waals surface area contributed by atoms with E-state index in [0.29, 0.717) is 49.1 Å². The van der Waals surface area contributed by atoms with E-state index < -0.39 is 35.2 Å². The van der Waals surface area contributed by atoms with Gasteiger partial charge < -0.3 is 43.8 Å². The molecule has 4 heterocycles. The summed E-state index contributed by atoms with van der Waals surface area (Å²) in [7, 11) is 2.97. The molecule has 0 spiro atoms. The van der Waals surface area contributed by atoms with Crippen LogP contribution in [0.25, 0.3) is 33.4 Å². The number of aromatic nitrogens is 3. The SMILES string of the molecule is CCn1c(-c2cc(OCc3ccccc3)cnc2C(C)OC)c(CC(C)(C)COC(C)=O)c2cc(-c3csc(C[C@H](NC(=O)OC(C)(C)C)C(=O)N4CCN[C@H](C(=O)OC)C4)n3)ccc21. The Morgan fingerprint density at radius 1 is 1.03 bits per heavy atom. The smallest absolute Gasteiger partial charge is 0.408 e. The number of nitrogens with zero attached hydrogens (tertiary/aromatic N) is 4. The third-order valence-electron chi connectivity index (χ3n) is 11.1. The largest absolute Gasteiger partial charge is 0.487 e. The van der Waals surface area contributed by atoms with E-state index in [-0.39, 0.29) is 37.6 Å². The van der Waals surface area contributed by atoms with Crippen molar-refractivity contribution in [1.82, 2.24) is 30.1 Å². The van der Waals surface area contributed by atoms with Crippen molar-refractivity contribution in [3.8, 4) is 28.3 Å². The van der Waals surface area contributed by atoms with Gasteiger partial charge >= 0.3 is 18.0 Å². The molecule has 1 aliphatic heterocycles. The van der Waals surface area contributed by atoms with Gasteiger partial charge in [0.05, 0.1) is 48.1 Å². The zero-order valence-corrected chi connectivity index (χ0v) is 39.9. The van der Waals surface area contributed by atoms with Gasteiger partial charge in [0, 0.05) is 79.5 Å². The van der Waals surface area contributed by atoms with Crippen LogP contribution < -0.4 is 15.4 Å². The molecule has 1 saturated heterocycles. The highest BCUT2D eigenvalue weighted by Crippen LogP contribution is 2.43. The monoisotopic (exact) mass is 910 g/mol. The van der Waals surface area contributed by atoms with Crippen molar-refractivity contribution in [2.24, 2.45) is 5.41 Å². The second kappa shape index (κ2) is 21.0. The molecule has 0 radical (unpaired) electrons. The van der Waals surface area contributed by atoms with Crippen molar-refractivity contribution in [2.75, 3.05) is 40.5 Å². The molecular weight excluding hydrogens is 849 g/mol. The van der Waals surface area contributed by atoms with Gasteiger partial charge in [0.15, 0.2) is 0 Å². The number of methoxy groups -OCH3 is 2. The number of ether oxygens (including phenoxy) is 5. The lowest BCUT2D eigenvalue weighted by molar-refractivity contribution is -0.146. The van der Waals surface area contributed by atoms with Crippen LogP contribution in [0.4, 0.5) is 4.79 Å². The maximum Gasteiger partial charge on any atom is 0.408 e. The average Bonchev–Trinajstić information content (AvgIpc) is 3.87. The van der Waals surface area contributed by atoms with E-state index in [1.165, 1.54) is 25.4 Å². The van der Waals surface area contributed by atoms with Gasteiger partial charge in [-0.3, -0.25) is 19.4 Å². The molecule has 6 rings (SSSR count). The van der Waals surface area contributed by atoms with Crippen LogP contribution in [0.2, 0.25) is 0 Å². The summed E-state index contributed by atoms with van der Waals surface area (Å²) < 4.78 is 30.6. The standard InChI is InChI=1S/C49H62N6O9S/c1-11-55-41-18-17-33(40-28-65-42(52-40)23-38(53-47(59)64-48(4,5)6)45(57)54-20-19-50-39(26-54)46(58)61-10)21-35(41)37(24-49(7,8)29-63-31(3)56)44(55)36-22-34(25-51-43(36)30(2)60-9)62-27-32-15-13-12-14-16-32/h12-18,21-22,25,28,30,38-39,50H,11,19-20,23-24,26-27,29H2,1-10H3,(H,53,59)/t30?,38-,39-/m0/s1. The fourth-order valence-electron chi connectivity index (χ4n) is 7.96. The van der Waals surface area contributed by atoms with Gasteiger partial charge in [0.25, 0.3) is 0 Å². The van der Waals surface area contributed by atoms with E-state index in [4.69, 9.17) is 33.7 Å². The number of pyridine rings is 1. The molecule has 16 heteroatoms. The predicted molar refractivity (Wildman–Crippen MR) is 250 cm³/mol. The van der Waals surface area contributed by atoms with Gasteiger partial charge in [-0.2, -0.15) is 0 Å². The third-order valence-corrected chi connectivity index (χ3v) is 12.0. The molecule has 348 valence electrons. The average molecular weight is 911 g/mol. The summed E-state index contributed by atoms with van der Waals surface area (Å²) in [5.74, 6) is -0.558. The summed E-state index contributed by atoms with van der Waals surface area (Å²) in [6.45, 7) is 17.0. The van der Waals surface area contributed by atoms with E-state index >= 15 is 0 Å². The van der Waals surface area contributed by atoms with Crippen LogP contribution in [0.1, 0.15) is 83.3 Å². The first kappa shape index (κ1) is 48.6. The first-order valence-corrected chi connectivity index (χ1v) is 22.8. The summed E-state index contributed by atoms with van der Waals surface area (Å²) in [4.78, 5) is 63.2. The fraction of sp³-hybridized carbons (Fsp3) is 0.469. The van der Waals surface area contributed by atoms with Crippen LogP contribution in [0.5, 0.6) is 5.75 Å². The summed E-state index contributed by atoms with van der Waals surface area (Å²) >= 11 is 1.39. The van der Waals surface area contributed by atoms with Crippen LogP contribution >= 0.6 is 11.3 Å². The summed E-state index contributed by atoms with van der Waals surface area (Å²) in [6, 6.07) is 16.6. The van der Waals surface area contributed by atoms with Crippen molar-refractivity contribution < 1.29 is 42.9 Å². The van der Waals surface area contributed by atoms with E-state index in [0.717, 1.165) is 44.5 Å². The lowest BCUT2D eigenvalue weighted by Gasteiger charge is -2.34. The minimum Gasteiger partial charge on any atom is -0.487 e. The van der Waals surface area contributed by atoms with Gasteiger partial charge in [0.2, 0.25) is 5.91 Å². The van der Waals surface area contributed by atoms with Gasteiger partial charge in [0.1, 0.15) is 30.0 Å². The third kappa shape index (κ3) is 12.3. The number of nitrogens with one attached hydrogen (secondary N) is 2. The molecule has 1 aliphatic rings. The van der Waals surface area contributed by atoms with Gasteiger partial charge in [-0.1, -0.05) is 50.2 Å². The number of carbonyl (C=O) groups excluding carboxylic acids is 4. The highest BCUT2D eigenvalue weighted by Gasteiger charge is 2.35. The molecule has 5 aromatic rings. The Balaban J connectivity index is 1.41. The molecule has 0 bridgehead atoms. The summed E-state index contributed by atoms with van der Waals surface area (Å²) in [5, 5.41) is 9.44. The molecule has 3 atom stereocenters. The number of esters is 2. The Morgan fingerprint density at radius 3 is 2.46 bits per heavy atom. The molecule has 2 amide bonds. The number of benzene rings is 2. The highest BCUT2D eigenvalue weighted by molar-refractivity contribution is 7.10. The number of rotatable bonds is 17. The number of piperazine rings is 1. The first-order valence-electron chi connectivity index (χ1n) is 21.9. The molecule has 1 unspecified atom stereocenters. The molecule has 0 saturated carbocycles. The molecule has 15 nitrogen and oxygen atoms in total. The molecule has 0 aliphatic carbocycles. The van der Waals surface area contributed by atoms with Gasteiger partial charge in [-0.25, -0.2) is 9.78 Å². The summed E-state index contributed by atoms with van der Waals surface area (Å²) in [6.07, 6.45) is 1.31. The van der Waals surface area contributed by atoms with E-state index in [1.807, 2.05) is 54.8 Å². The van der Waals surface area contributed by atoms with E-state index in [1.54, 1.807) is 39.0 Å². The minimum absolute atomic E-state index is 0.0908. The lowest BCUT2D eigenvalue weighted by atomic mass is 9.84. The van der Waals surface area contributed by atoms with E-state index in [9.17, 15) is 19.2 Å². The predicted octanol–water partition coefficient (Wildman–Crippen LogP) is 7.67. The quantitative estimate of drug-likeness (QED) is 0.0690. The number of alkyl carbamates (subject to hydrolysis) is 1. The summed E-state index contributed by atoms with van der Waals surface area (Å²) in [5.41, 5.74) is 5.95. The number of hydrogen-bond donors (Lipinski definition) is 2. The molecule has 2 N–H and O–H groups in total. The highest BCUT2D eigenvalue weighted by atomic mass is 32.1. The van der Waals surface area contributed by atoms with Crippen LogP contribution in [0.15, 0.2) is 66.2 Å². The Bertz CT molecular complexity index is 2480. The molecule has 2 aromatic carbocycles. The van der Waals surface area contributed by atoms with Crippen molar-refractivity contribution in [2.45, 2.75) is 105 Å². The number of hydrogen-bond acceptors (Lipinski definition) is 13. The van der Waals surface area contributed by atoms with Crippen molar-refractivity contribution in [3.63, 3.8) is 0 Å². The second-order valence-electron chi connectivity index (χ2n) is 18.0. The Kier molecular flexibility index (Phi) is 15.7. The number of fused-ring (bicyclic) bond motifs is 1. The zero-order valence-electron chi connectivity index (χ0n) is 39.1. The maximum absolute atomic E-state index is 14.1. The van der Waals surface area contributed by atoms with Crippen molar-refractivity contribution in [3.05, 3.63) is 88.0 Å². The Morgan fingerprint density at radius 2 is 1.78 bits per heavy atom. The zero-order chi connectivity index (χ0) is 47.1. The number of amides is 2. The molecule has 3 aromatic heterocycles.